The summed E-state index contributed by atoms with van der Waals surface area (Å²) in [5.41, 5.74) is 1.09. The molecule has 0 spiro atoms. The predicted octanol–water partition coefficient (Wildman–Crippen LogP) is 4.06. The summed E-state index contributed by atoms with van der Waals surface area (Å²) < 4.78 is 7.31. The molecule has 1 aromatic rings. The number of hydrogen-bond acceptors (Lipinski definition) is 2. The summed E-state index contributed by atoms with van der Waals surface area (Å²) in [7, 11) is 0. The summed E-state index contributed by atoms with van der Waals surface area (Å²) in [6, 6.07) is 9.02. The zero-order valence-electron chi connectivity index (χ0n) is 11.4. The second-order valence-corrected chi connectivity index (χ2v) is 6.78. The third-order valence-electron chi connectivity index (χ3n) is 2.92. The minimum atomic E-state index is -0.134. The maximum Gasteiger partial charge on any atom is 0.0967 e. The predicted molar refractivity (Wildman–Crippen MR) is 78.7 cm³/mol. The monoisotopic (exact) mass is 311 g/mol. The normalized spacial score (nSPS) is 17.8. The molecule has 1 aliphatic rings. The Morgan fingerprint density at radius 2 is 2.00 bits per heavy atom. The molecule has 0 aliphatic heterocycles. The molecule has 1 fully saturated rings. The molecule has 0 aromatic heterocycles. The van der Waals surface area contributed by atoms with Gasteiger partial charge in [-0.25, -0.2) is 0 Å². The molecule has 2 nitrogen and oxygen atoms in total. The third-order valence-corrected chi connectivity index (χ3v) is 3.64. The first-order valence-electron chi connectivity index (χ1n) is 6.61. The van der Waals surface area contributed by atoms with Gasteiger partial charge in [0.15, 0.2) is 0 Å². The summed E-state index contributed by atoms with van der Waals surface area (Å²) in [4.78, 5) is 0. The molecule has 100 valence electrons. The maximum atomic E-state index is 6.19. The Bertz CT molecular complexity index is 396. The molecule has 0 amide bonds. The summed E-state index contributed by atoms with van der Waals surface area (Å²) in [5, 5.41) is 3.56. The summed E-state index contributed by atoms with van der Waals surface area (Å²) in [6.45, 7) is 7.19. The Balaban J connectivity index is 2.09. The van der Waals surface area contributed by atoms with E-state index in [1.54, 1.807) is 0 Å². The Labute approximate surface area is 118 Å². The van der Waals surface area contributed by atoms with Crippen molar-refractivity contribution in [2.24, 2.45) is 0 Å². The van der Waals surface area contributed by atoms with Crippen LogP contribution in [0.15, 0.2) is 28.7 Å². The fraction of sp³-hybridized carbons (Fsp3) is 0.600. The lowest BCUT2D eigenvalue weighted by Crippen LogP contribution is -2.31. The molecule has 1 atom stereocenters. The van der Waals surface area contributed by atoms with Crippen LogP contribution in [0.2, 0.25) is 0 Å². The molecule has 0 radical (unpaired) electrons. The van der Waals surface area contributed by atoms with Gasteiger partial charge in [-0.3, -0.25) is 0 Å². The Hall–Kier alpha value is -0.380. The zero-order chi connectivity index (χ0) is 13.2. The van der Waals surface area contributed by atoms with Gasteiger partial charge in [0.2, 0.25) is 0 Å². The van der Waals surface area contributed by atoms with E-state index in [1.165, 1.54) is 18.4 Å². The van der Waals surface area contributed by atoms with Crippen LogP contribution in [0.5, 0.6) is 0 Å². The van der Waals surface area contributed by atoms with Crippen molar-refractivity contribution in [3.63, 3.8) is 0 Å². The molecule has 0 heterocycles. The lowest BCUT2D eigenvalue weighted by molar-refractivity contribution is -0.0610. The number of halogens is 1. The van der Waals surface area contributed by atoms with Crippen molar-refractivity contribution in [1.82, 2.24) is 5.32 Å². The fourth-order valence-electron chi connectivity index (χ4n) is 1.94. The van der Waals surface area contributed by atoms with E-state index in [0.29, 0.717) is 6.04 Å². The van der Waals surface area contributed by atoms with Gasteiger partial charge in [-0.15, -0.1) is 0 Å². The molecular weight excluding hydrogens is 290 g/mol. The molecule has 1 aromatic carbocycles. The molecule has 1 aliphatic carbocycles. The third kappa shape index (κ3) is 4.38. The fourth-order valence-corrected chi connectivity index (χ4v) is 2.48. The van der Waals surface area contributed by atoms with Gasteiger partial charge in [0.05, 0.1) is 11.7 Å². The van der Waals surface area contributed by atoms with Crippen molar-refractivity contribution in [1.29, 1.82) is 0 Å². The van der Waals surface area contributed by atoms with Crippen molar-refractivity contribution < 1.29 is 4.74 Å². The van der Waals surface area contributed by atoms with E-state index in [0.717, 1.165) is 11.0 Å². The Kier molecular flexibility index (Phi) is 4.46. The van der Waals surface area contributed by atoms with Gasteiger partial charge in [-0.2, -0.15) is 0 Å². The standard InChI is InChI=1S/C15H22BrNO/c1-15(2,3)18-14(10-17-11-8-9-11)12-6-4-5-7-13(12)16/h4-7,11,14,17H,8-10H2,1-3H3. The van der Waals surface area contributed by atoms with E-state index in [2.05, 4.69) is 60.2 Å². The van der Waals surface area contributed by atoms with E-state index in [1.807, 2.05) is 6.07 Å². The molecule has 1 saturated carbocycles. The Morgan fingerprint density at radius 1 is 1.33 bits per heavy atom. The summed E-state index contributed by atoms with van der Waals surface area (Å²) in [6.07, 6.45) is 2.71. The van der Waals surface area contributed by atoms with Crippen LogP contribution in [0.3, 0.4) is 0 Å². The first kappa shape index (κ1) is 14.0. The van der Waals surface area contributed by atoms with E-state index < -0.39 is 0 Å². The summed E-state index contributed by atoms with van der Waals surface area (Å²) in [5.74, 6) is 0. The average Bonchev–Trinajstić information content (AvgIpc) is 3.07. The first-order chi connectivity index (χ1) is 8.46. The van der Waals surface area contributed by atoms with Crippen LogP contribution in [0.4, 0.5) is 0 Å². The van der Waals surface area contributed by atoms with Crippen LogP contribution in [-0.2, 0) is 4.74 Å². The second kappa shape index (κ2) is 5.72. The number of ether oxygens (including phenoxy) is 1. The quantitative estimate of drug-likeness (QED) is 0.885. The average molecular weight is 312 g/mol. The highest BCUT2D eigenvalue weighted by atomic mass is 79.9. The number of nitrogens with one attached hydrogen (secondary N) is 1. The maximum absolute atomic E-state index is 6.19. The van der Waals surface area contributed by atoms with Crippen LogP contribution in [0, 0.1) is 0 Å². The number of rotatable bonds is 5. The second-order valence-electron chi connectivity index (χ2n) is 5.92. The van der Waals surface area contributed by atoms with Crippen molar-refractivity contribution >= 4 is 15.9 Å². The molecule has 0 bridgehead atoms. The van der Waals surface area contributed by atoms with Crippen LogP contribution >= 0.6 is 15.9 Å². The van der Waals surface area contributed by atoms with Crippen molar-refractivity contribution in [2.75, 3.05) is 6.54 Å². The van der Waals surface area contributed by atoms with E-state index in [9.17, 15) is 0 Å². The lowest BCUT2D eigenvalue weighted by Gasteiger charge is -2.29. The SMILES string of the molecule is CC(C)(C)OC(CNC1CC1)c1ccccc1Br. The van der Waals surface area contributed by atoms with Gasteiger partial charge >= 0.3 is 0 Å². The molecule has 1 unspecified atom stereocenters. The van der Waals surface area contributed by atoms with Gasteiger partial charge in [-0.05, 0) is 45.2 Å². The lowest BCUT2D eigenvalue weighted by atomic mass is 10.1. The highest BCUT2D eigenvalue weighted by molar-refractivity contribution is 9.10. The zero-order valence-corrected chi connectivity index (χ0v) is 13.0. The molecule has 0 saturated heterocycles. The van der Waals surface area contributed by atoms with Crippen LogP contribution in [0.25, 0.3) is 0 Å². The van der Waals surface area contributed by atoms with Crippen molar-refractivity contribution in [3.8, 4) is 0 Å². The first-order valence-corrected chi connectivity index (χ1v) is 7.40. The Morgan fingerprint density at radius 3 is 2.56 bits per heavy atom. The molecule has 3 heteroatoms. The van der Waals surface area contributed by atoms with Gasteiger partial charge in [0.1, 0.15) is 0 Å². The molecule has 1 N–H and O–H groups in total. The van der Waals surface area contributed by atoms with Gasteiger partial charge in [0, 0.05) is 17.1 Å². The minimum Gasteiger partial charge on any atom is -0.367 e. The highest BCUT2D eigenvalue weighted by Gasteiger charge is 2.26. The molecular formula is C15H22BrNO. The van der Waals surface area contributed by atoms with E-state index in [4.69, 9.17) is 4.74 Å². The van der Waals surface area contributed by atoms with Crippen LogP contribution in [0.1, 0.15) is 45.3 Å². The van der Waals surface area contributed by atoms with Crippen LogP contribution < -0.4 is 5.32 Å². The number of hydrogen-bond donors (Lipinski definition) is 1. The number of benzene rings is 1. The smallest absolute Gasteiger partial charge is 0.0967 e. The molecule has 18 heavy (non-hydrogen) atoms. The summed E-state index contributed by atoms with van der Waals surface area (Å²) >= 11 is 3.62. The highest BCUT2D eigenvalue weighted by Crippen LogP contribution is 2.30. The molecule has 2 rings (SSSR count). The van der Waals surface area contributed by atoms with Gasteiger partial charge in [-0.1, -0.05) is 34.1 Å². The van der Waals surface area contributed by atoms with Gasteiger partial charge in [0.25, 0.3) is 0 Å². The van der Waals surface area contributed by atoms with E-state index >= 15 is 0 Å². The topological polar surface area (TPSA) is 21.3 Å². The van der Waals surface area contributed by atoms with Crippen LogP contribution in [-0.4, -0.2) is 18.2 Å². The van der Waals surface area contributed by atoms with Crippen molar-refractivity contribution in [2.45, 2.75) is 51.4 Å². The minimum absolute atomic E-state index is 0.0983. The van der Waals surface area contributed by atoms with Crippen molar-refractivity contribution in [3.05, 3.63) is 34.3 Å². The van der Waals surface area contributed by atoms with Gasteiger partial charge < -0.3 is 10.1 Å². The largest absolute Gasteiger partial charge is 0.367 e. The van der Waals surface area contributed by atoms with E-state index in [-0.39, 0.29) is 11.7 Å².